The SMILES string of the molecule is CCCN1C(=O)CCc2cc(NC(=O)COc3ccc(Cl)cc3Cl)ccc21. The van der Waals surface area contributed by atoms with Gasteiger partial charge >= 0.3 is 0 Å². The average Bonchev–Trinajstić information content (AvgIpc) is 2.63. The molecule has 2 amide bonds. The van der Waals surface area contributed by atoms with E-state index in [-0.39, 0.29) is 18.4 Å². The van der Waals surface area contributed by atoms with Gasteiger partial charge in [-0.2, -0.15) is 0 Å². The number of hydrogen-bond acceptors (Lipinski definition) is 3. The number of benzene rings is 2. The van der Waals surface area contributed by atoms with Crippen molar-refractivity contribution >= 4 is 46.4 Å². The maximum absolute atomic E-state index is 12.2. The molecule has 0 bridgehead atoms. The monoisotopic (exact) mass is 406 g/mol. The Morgan fingerprint density at radius 2 is 2.00 bits per heavy atom. The minimum absolute atomic E-state index is 0.148. The highest BCUT2D eigenvalue weighted by atomic mass is 35.5. The maximum atomic E-state index is 12.2. The van der Waals surface area contributed by atoms with Crippen LogP contribution in [0, 0.1) is 0 Å². The van der Waals surface area contributed by atoms with Gasteiger partial charge in [0.05, 0.1) is 5.02 Å². The van der Waals surface area contributed by atoms with Crippen molar-refractivity contribution in [1.29, 1.82) is 0 Å². The number of anilines is 2. The van der Waals surface area contributed by atoms with Crippen LogP contribution in [0.25, 0.3) is 0 Å². The average molecular weight is 407 g/mol. The molecule has 1 heterocycles. The number of carbonyl (C=O) groups is 2. The lowest BCUT2D eigenvalue weighted by Gasteiger charge is -2.29. The maximum Gasteiger partial charge on any atom is 0.262 e. The zero-order valence-corrected chi connectivity index (χ0v) is 16.4. The second-order valence-corrected chi connectivity index (χ2v) is 7.14. The zero-order chi connectivity index (χ0) is 19.4. The molecule has 0 radical (unpaired) electrons. The smallest absolute Gasteiger partial charge is 0.262 e. The molecule has 0 aliphatic carbocycles. The predicted molar refractivity (Wildman–Crippen MR) is 108 cm³/mol. The summed E-state index contributed by atoms with van der Waals surface area (Å²) >= 11 is 11.9. The molecule has 27 heavy (non-hydrogen) atoms. The molecule has 3 rings (SSSR count). The molecule has 142 valence electrons. The lowest BCUT2D eigenvalue weighted by Crippen LogP contribution is -2.35. The first-order chi connectivity index (χ1) is 13.0. The Morgan fingerprint density at radius 1 is 1.19 bits per heavy atom. The molecule has 5 nitrogen and oxygen atoms in total. The third-order valence-electron chi connectivity index (χ3n) is 4.26. The summed E-state index contributed by atoms with van der Waals surface area (Å²) in [5.41, 5.74) is 2.66. The van der Waals surface area contributed by atoms with Crippen LogP contribution in [-0.4, -0.2) is 25.0 Å². The Bertz CT molecular complexity index is 870. The number of fused-ring (bicyclic) bond motifs is 1. The third kappa shape index (κ3) is 4.73. The first-order valence-corrected chi connectivity index (χ1v) is 9.54. The number of aryl methyl sites for hydroxylation is 1. The Morgan fingerprint density at radius 3 is 2.74 bits per heavy atom. The highest BCUT2D eigenvalue weighted by molar-refractivity contribution is 6.35. The molecule has 0 aromatic heterocycles. The molecular formula is C20H20Cl2N2O3. The van der Waals surface area contributed by atoms with Crippen LogP contribution in [-0.2, 0) is 16.0 Å². The number of halogens is 2. The quantitative estimate of drug-likeness (QED) is 0.755. The van der Waals surface area contributed by atoms with Crippen molar-refractivity contribution < 1.29 is 14.3 Å². The molecule has 1 aliphatic heterocycles. The van der Waals surface area contributed by atoms with Gasteiger partial charge in [0.25, 0.3) is 5.91 Å². The predicted octanol–water partition coefficient (Wildman–Crippen LogP) is 4.70. The van der Waals surface area contributed by atoms with Gasteiger partial charge in [0, 0.05) is 29.4 Å². The van der Waals surface area contributed by atoms with Crippen LogP contribution < -0.4 is 15.0 Å². The fraction of sp³-hybridized carbons (Fsp3) is 0.300. The van der Waals surface area contributed by atoms with Gasteiger partial charge in [-0.1, -0.05) is 30.1 Å². The number of hydrogen-bond donors (Lipinski definition) is 1. The van der Waals surface area contributed by atoms with Gasteiger partial charge in [-0.3, -0.25) is 9.59 Å². The largest absolute Gasteiger partial charge is 0.482 e. The van der Waals surface area contributed by atoms with Gasteiger partial charge in [-0.05, 0) is 54.8 Å². The standard InChI is InChI=1S/C20H20Cl2N2O3/c1-2-9-24-17-6-5-15(10-13(17)3-8-20(24)26)23-19(25)12-27-18-7-4-14(21)11-16(18)22/h4-7,10-11H,2-3,8-9,12H2,1H3,(H,23,25). The number of carbonyl (C=O) groups excluding carboxylic acids is 2. The number of nitrogens with zero attached hydrogens (tertiary/aromatic N) is 1. The topological polar surface area (TPSA) is 58.6 Å². The molecule has 0 unspecified atom stereocenters. The number of rotatable bonds is 6. The Hall–Kier alpha value is -2.24. The van der Waals surface area contributed by atoms with Crippen molar-refractivity contribution in [3.8, 4) is 5.75 Å². The van der Waals surface area contributed by atoms with E-state index in [9.17, 15) is 9.59 Å². The highest BCUT2D eigenvalue weighted by Gasteiger charge is 2.23. The fourth-order valence-corrected chi connectivity index (χ4v) is 3.50. The minimum atomic E-state index is -0.293. The van der Waals surface area contributed by atoms with Crippen molar-refractivity contribution in [2.75, 3.05) is 23.4 Å². The van der Waals surface area contributed by atoms with Gasteiger partial charge < -0.3 is 15.0 Å². The number of amides is 2. The van der Waals surface area contributed by atoms with Crippen molar-refractivity contribution in [1.82, 2.24) is 0 Å². The molecule has 0 spiro atoms. The molecule has 0 fully saturated rings. The van der Waals surface area contributed by atoms with E-state index in [1.54, 1.807) is 24.3 Å². The van der Waals surface area contributed by atoms with Crippen molar-refractivity contribution in [3.63, 3.8) is 0 Å². The molecule has 1 aliphatic rings. The van der Waals surface area contributed by atoms with E-state index in [0.29, 0.717) is 40.9 Å². The Labute approximate surface area is 168 Å². The van der Waals surface area contributed by atoms with Crippen LogP contribution in [0.3, 0.4) is 0 Å². The first-order valence-electron chi connectivity index (χ1n) is 8.79. The summed E-state index contributed by atoms with van der Waals surface area (Å²) in [5.74, 6) is 0.253. The van der Waals surface area contributed by atoms with Crippen molar-refractivity contribution in [2.24, 2.45) is 0 Å². The van der Waals surface area contributed by atoms with E-state index in [0.717, 1.165) is 17.7 Å². The summed E-state index contributed by atoms with van der Waals surface area (Å²) in [4.78, 5) is 26.1. The van der Waals surface area contributed by atoms with Crippen LogP contribution in [0.4, 0.5) is 11.4 Å². The summed E-state index contributed by atoms with van der Waals surface area (Å²) in [7, 11) is 0. The highest BCUT2D eigenvalue weighted by Crippen LogP contribution is 2.31. The van der Waals surface area contributed by atoms with Crippen molar-refractivity contribution in [2.45, 2.75) is 26.2 Å². The summed E-state index contributed by atoms with van der Waals surface area (Å²) in [6.45, 7) is 2.58. The lowest BCUT2D eigenvalue weighted by atomic mass is 10.00. The van der Waals surface area contributed by atoms with Crippen LogP contribution in [0.2, 0.25) is 10.0 Å². The zero-order valence-electron chi connectivity index (χ0n) is 14.9. The molecule has 2 aromatic carbocycles. The fourth-order valence-electron chi connectivity index (χ4n) is 3.04. The summed E-state index contributed by atoms with van der Waals surface area (Å²) in [5, 5.41) is 3.67. The summed E-state index contributed by atoms with van der Waals surface area (Å²) < 4.78 is 5.45. The molecule has 0 atom stereocenters. The van der Waals surface area contributed by atoms with E-state index in [2.05, 4.69) is 5.32 Å². The van der Waals surface area contributed by atoms with Gasteiger partial charge in [0.15, 0.2) is 6.61 Å². The second kappa shape index (κ2) is 8.63. The number of ether oxygens (including phenoxy) is 1. The van der Waals surface area contributed by atoms with E-state index < -0.39 is 0 Å². The second-order valence-electron chi connectivity index (χ2n) is 6.30. The lowest BCUT2D eigenvalue weighted by molar-refractivity contribution is -0.119. The van der Waals surface area contributed by atoms with E-state index >= 15 is 0 Å². The van der Waals surface area contributed by atoms with Crippen molar-refractivity contribution in [3.05, 3.63) is 52.0 Å². The van der Waals surface area contributed by atoms with Gasteiger partial charge in [-0.25, -0.2) is 0 Å². The summed E-state index contributed by atoms with van der Waals surface area (Å²) in [6.07, 6.45) is 2.06. The molecular weight excluding hydrogens is 387 g/mol. The minimum Gasteiger partial charge on any atom is -0.482 e. The van der Waals surface area contributed by atoms with Gasteiger partial charge in [0.1, 0.15) is 5.75 Å². The van der Waals surface area contributed by atoms with E-state index in [1.165, 1.54) is 0 Å². The normalized spacial score (nSPS) is 13.3. The summed E-state index contributed by atoms with van der Waals surface area (Å²) in [6, 6.07) is 10.4. The molecule has 1 N–H and O–H groups in total. The van der Waals surface area contributed by atoms with Crippen LogP contribution in [0.15, 0.2) is 36.4 Å². The van der Waals surface area contributed by atoms with Crippen LogP contribution in [0.5, 0.6) is 5.75 Å². The molecule has 0 saturated carbocycles. The molecule has 0 saturated heterocycles. The first kappa shape index (κ1) is 19.5. The number of nitrogens with one attached hydrogen (secondary N) is 1. The van der Waals surface area contributed by atoms with E-state index in [1.807, 2.05) is 24.0 Å². The molecule has 2 aromatic rings. The van der Waals surface area contributed by atoms with Crippen LogP contribution in [0.1, 0.15) is 25.3 Å². The molecule has 7 heteroatoms. The van der Waals surface area contributed by atoms with Gasteiger partial charge in [0.2, 0.25) is 5.91 Å². The van der Waals surface area contributed by atoms with Crippen LogP contribution >= 0.6 is 23.2 Å². The van der Waals surface area contributed by atoms with E-state index in [4.69, 9.17) is 27.9 Å². The Kier molecular flexibility index (Phi) is 6.24. The van der Waals surface area contributed by atoms with Gasteiger partial charge in [-0.15, -0.1) is 0 Å². The Balaban J connectivity index is 1.64. The third-order valence-corrected chi connectivity index (χ3v) is 4.79.